The van der Waals surface area contributed by atoms with Crippen LogP contribution in [0.5, 0.6) is 5.75 Å². The molecule has 3 heteroatoms. The third-order valence-electron chi connectivity index (χ3n) is 7.17. The van der Waals surface area contributed by atoms with E-state index >= 15 is 0 Å². The van der Waals surface area contributed by atoms with Crippen molar-refractivity contribution in [2.45, 2.75) is 64.7 Å². The normalized spacial score (nSPS) is 34.2. The van der Waals surface area contributed by atoms with Crippen LogP contribution in [-0.4, -0.2) is 12.5 Å². The number of benzene rings is 1. The van der Waals surface area contributed by atoms with Crippen molar-refractivity contribution in [3.63, 3.8) is 0 Å². The van der Waals surface area contributed by atoms with E-state index in [1.165, 1.54) is 49.7 Å². The van der Waals surface area contributed by atoms with Gasteiger partial charge in [0, 0.05) is 0 Å². The van der Waals surface area contributed by atoms with Gasteiger partial charge in [-0.15, -0.1) is 0 Å². The molecule has 130 valence electrons. The standard InChI is InChI=1S/C21H29NO2/c1-3-24-19-12-16-13(11-17(19)20(22)23)6-7-15-14(16)8-10-21(2)9-4-5-18(15)21/h11-12,14-15,18H,3-10H2,1-2H3,(H2,22,23). The summed E-state index contributed by atoms with van der Waals surface area (Å²) in [7, 11) is 0. The molecule has 0 radical (unpaired) electrons. The Hall–Kier alpha value is -1.51. The van der Waals surface area contributed by atoms with Gasteiger partial charge in [0.1, 0.15) is 5.75 Å². The number of fused-ring (bicyclic) bond motifs is 5. The van der Waals surface area contributed by atoms with Gasteiger partial charge in [-0.1, -0.05) is 13.3 Å². The molecule has 0 aromatic heterocycles. The lowest BCUT2D eigenvalue weighted by molar-refractivity contribution is 0.0597. The Morgan fingerprint density at radius 1 is 1.29 bits per heavy atom. The first-order chi connectivity index (χ1) is 11.5. The molecule has 0 aliphatic heterocycles. The Morgan fingerprint density at radius 2 is 2.12 bits per heavy atom. The first-order valence-electron chi connectivity index (χ1n) is 9.63. The van der Waals surface area contributed by atoms with Gasteiger partial charge in [-0.3, -0.25) is 4.79 Å². The number of carbonyl (C=O) groups excluding carboxylic acids is 1. The third-order valence-corrected chi connectivity index (χ3v) is 7.17. The van der Waals surface area contributed by atoms with Crippen molar-refractivity contribution in [1.82, 2.24) is 0 Å². The molecule has 3 aliphatic rings. The maximum atomic E-state index is 11.8. The van der Waals surface area contributed by atoms with E-state index in [2.05, 4.69) is 13.0 Å². The van der Waals surface area contributed by atoms with Gasteiger partial charge in [0.15, 0.2) is 0 Å². The third kappa shape index (κ3) is 2.35. The molecule has 2 N–H and O–H groups in total. The summed E-state index contributed by atoms with van der Waals surface area (Å²) in [6, 6.07) is 4.16. The first kappa shape index (κ1) is 16.0. The van der Waals surface area contributed by atoms with Gasteiger partial charge in [-0.25, -0.2) is 0 Å². The van der Waals surface area contributed by atoms with E-state index in [9.17, 15) is 4.79 Å². The van der Waals surface area contributed by atoms with Crippen LogP contribution in [0.15, 0.2) is 12.1 Å². The molecule has 2 fully saturated rings. The highest BCUT2D eigenvalue weighted by Gasteiger charge is 2.50. The monoisotopic (exact) mass is 327 g/mol. The van der Waals surface area contributed by atoms with Crippen LogP contribution in [0.3, 0.4) is 0 Å². The minimum Gasteiger partial charge on any atom is -0.493 e. The lowest BCUT2D eigenvalue weighted by Gasteiger charge is -2.49. The number of rotatable bonds is 3. The number of nitrogens with two attached hydrogens (primary N) is 1. The zero-order chi connectivity index (χ0) is 16.9. The van der Waals surface area contributed by atoms with Crippen molar-refractivity contribution in [2.75, 3.05) is 6.61 Å². The molecular formula is C21H29NO2. The SMILES string of the molecule is CCOc1cc2c(cc1C(N)=O)CCC1C2CCC2(C)CCCC12. The van der Waals surface area contributed by atoms with Crippen molar-refractivity contribution in [2.24, 2.45) is 23.0 Å². The molecule has 4 rings (SSSR count). The summed E-state index contributed by atoms with van der Waals surface area (Å²) < 4.78 is 5.75. The van der Waals surface area contributed by atoms with Crippen LogP contribution in [0.2, 0.25) is 0 Å². The zero-order valence-corrected chi connectivity index (χ0v) is 14.9. The van der Waals surface area contributed by atoms with E-state index in [0.29, 0.717) is 29.3 Å². The van der Waals surface area contributed by atoms with Crippen LogP contribution in [-0.2, 0) is 6.42 Å². The summed E-state index contributed by atoms with van der Waals surface area (Å²) in [5.74, 6) is 2.65. The van der Waals surface area contributed by atoms with E-state index in [-0.39, 0.29) is 5.91 Å². The Bertz CT molecular complexity index is 668. The van der Waals surface area contributed by atoms with E-state index in [1.54, 1.807) is 0 Å². The molecule has 0 spiro atoms. The summed E-state index contributed by atoms with van der Waals surface area (Å²) in [4.78, 5) is 11.8. The Morgan fingerprint density at radius 3 is 2.88 bits per heavy atom. The number of ether oxygens (including phenoxy) is 1. The number of carbonyl (C=O) groups is 1. The summed E-state index contributed by atoms with van der Waals surface area (Å²) in [6.45, 7) is 5.05. The van der Waals surface area contributed by atoms with Gasteiger partial charge in [0.25, 0.3) is 5.91 Å². The highest BCUT2D eigenvalue weighted by molar-refractivity contribution is 5.96. The van der Waals surface area contributed by atoms with Crippen molar-refractivity contribution in [3.8, 4) is 5.75 Å². The van der Waals surface area contributed by atoms with Crippen LogP contribution in [0.25, 0.3) is 0 Å². The fraction of sp³-hybridized carbons (Fsp3) is 0.667. The van der Waals surface area contributed by atoms with Crippen LogP contribution in [0, 0.1) is 17.3 Å². The van der Waals surface area contributed by atoms with Crippen LogP contribution in [0.4, 0.5) is 0 Å². The van der Waals surface area contributed by atoms with Crippen LogP contribution >= 0.6 is 0 Å². The molecule has 0 heterocycles. The average molecular weight is 327 g/mol. The van der Waals surface area contributed by atoms with Crippen LogP contribution in [0.1, 0.15) is 79.8 Å². The Balaban J connectivity index is 1.73. The largest absolute Gasteiger partial charge is 0.493 e. The highest BCUT2D eigenvalue weighted by atomic mass is 16.5. The van der Waals surface area contributed by atoms with Gasteiger partial charge in [0.05, 0.1) is 12.2 Å². The Kier molecular flexibility index (Phi) is 3.85. The maximum Gasteiger partial charge on any atom is 0.252 e. The number of hydrogen-bond acceptors (Lipinski definition) is 2. The number of primary amides is 1. The molecule has 1 aromatic rings. The molecule has 0 bridgehead atoms. The molecule has 1 amide bonds. The number of amides is 1. The smallest absolute Gasteiger partial charge is 0.252 e. The van der Waals surface area contributed by atoms with Crippen LogP contribution < -0.4 is 10.5 Å². The molecule has 4 atom stereocenters. The molecular weight excluding hydrogens is 298 g/mol. The number of hydrogen-bond donors (Lipinski definition) is 1. The Labute approximate surface area is 145 Å². The van der Waals surface area contributed by atoms with Crippen molar-refractivity contribution < 1.29 is 9.53 Å². The average Bonchev–Trinajstić information content (AvgIpc) is 2.96. The second-order valence-corrected chi connectivity index (χ2v) is 8.34. The van der Waals surface area contributed by atoms with Gasteiger partial charge >= 0.3 is 0 Å². The topological polar surface area (TPSA) is 52.3 Å². The fourth-order valence-corrected chi connectivity index (χ4v) is 6.06. The molecule has 3 nitrogen and oxygen atoms in total. The zero-order valence-electron chi connectivity index (χ0n) is 14.9. The van der Waals surface area contributed by atoms with Gasteiger partial charge < -0.3 is 10.5 Å². The molecule has 0 saturated heterocycles. The minimum atomic E-state index is -0.379. The van der Waals surface area contributed by atoms with Crippen molar-refractivity contribution in [3.05, 3.63) is 28.8 Å². The second kappa shape index (κ2) is 5.79. The molecule has 4 unspecified atom stereocenters. The van der Waals surface area contributed by atoms with Crippen molar-refractivity contribution in [1.29, 1.82) is 0 Å². The van der Waals surface area contributed by atoms with E-state index < -0.39 is 0 Å². The fourth-order valence-electron chi connectivity index (χ4n) is 6.06. The first-order valence-corrected chi connectivity index (χ1v) is 9.63. The summed E-state index contributed by atoms with van der Waals surface area (Å²) in [5, 5.41) is 0. The molecule has 2 saturated carbocycles. The molecule has 24 heavy (non-hydrogen) atoms. The maximum absolute atomic E-state index is 11.8. The predicted octanol–water partition coefficient (Wildman–Crippen LogP) is 4.43. The summed E-state index contributed by atoms with van der Waals surface area (Å²) in [6.07, 6.45) is 9.21. The summed E-state index contributed by atoms with van der Waals surface area (Å²) >= 11 is 0. The lowest BCUT2D eigenvalue weighted by Crippen LogP contribution is -2.39. The van der Waals surface area contributed by atoms with E-state index in [4.69, 9.17) is 10.5 Å². The summed E-state index contributed by atoms with van der Waals surface area (Å²) in [5.41, 5.74) is 9.48. The highest BCUT2D eigenvalue weighted by Crippen LogP contribution is 2.61. The predicted molar refractivity (Wildman–Crippen MR) is 95.4 cm³/mol. The molecule has 3 aliphatic carbocycles. The van der Waals surface area contributed by atoms with Gasteiger partial charge in [-0.2, -0.15) is 0 Å². The second-order valence-electron chi connectivity index (χ2n) is 8.34. The van der Waals surface area contributed by atoms with Gasteiger partial charge in [-0.05, 0) is 91.9 Å². The van der Waals surface area contributed by atoms with Crippen molar-refractivity contribution >= 4 is 5.91 Å². The quantitative estimate of drug-likeness (QED) is 0.893. The van der Waals surface area contributed by atoms with E-state index in [1.807, 2.05) is 13.0 Å². The van der Waals surface area contributed by atoms with Gasteiger partial charge in [0.2, 0.25) is 0 Å². The molecule has 1 aromatic carbocycles. The van der Waals surface area contributed by atoms with E-state index in [0.717, 1.165) is 18.3 Å². The minimum absolute atomic E-state index is 0.379. The lowest BCUT2D eigenvalue weighted by atomic mass is 9.56. The number of aryl methyl sites for hydroxylation is 1.